The van der Waals surface area contributed by atoms with Crippen LogP contribution in [0.2, 0.25) is 0 Å². The van der Waals surface area contributed by atoms with Gasteiger partial charge in [0, 0.05) is 12.1 Å². The summed E-state index contributed by atoms with van der Waals surface area (Å²) in [6.45, 7) is 7.03. The number of nitrogens with one attached hydrogen (secondary N) is 2. The van der Waals surface area contributed by atoms with Crippen molar-refractivity contribution in [1.82, 2.24) is 15.5 Å². The van der Waals surface area contributed by atoms with Gasteiger partial charge in [0.25, 0.3) is 0 Å². The molecule has 7 nitrogen and oxygen atoms in total. The van der Waals surface area contributed by atoms with Gasteiger partial charge in [0.2, 0.25) is 11.0 Å². The van der Waals surface area contributed by atoms with Gasteiger partial charge in [-0.25, -0.2) is 0 Å². The Kier molecular flexibility index (Phi) is 8.18. The molecule has 0 spiro atoms. The van der Waals surface area contributed by atoms with Crippen molar-refractivity contribution >= 4 is 34.1 Å². The van der Waals surface area contributed by atoms with Crippen LogP contribution in [0.25, 0.3) is 0 Å². The van der Waals surface area contributed by atoms with Gasteiger partial charge < -0.3 is 20.1 Å². The number of rotatable bonds is 10. The van der Waals surface area contributed by atoms with E-state index < -0.39 is 0 Å². The van der Waals surface area contributed by atoms with E-state index in [-0.39, 0.29) is 17.7 Å². The molecule has 1 aromatic heterocycles. The Morgan fingerprint density at radius 2 is 2.00 bits per heavy atom. The lowest BCUT2D eigenvalue weighted by molar-refractivity contribution is -0.119. The van der Waals surface area contributed by atoms with Crippen LogP contribution < -0.4 is 20.1 Å². The molecular formula is C18H26N4O3S2. The van der Waals surface area contributed by atoms with E-state index >= 15 is 0 Å². The van der Waals surface area contributed by atoms with Gasteiger partial charge in [-0.1, -0.05) is 36.9 Å². The van der Waals surface area contributed by atoms with Crippen LogP contribution in [0.5, 0.6) is 11.5 Å². The maximum Gasteiger partial charge on any atom is 0.230 e. The van der Waals surface area contributed by atoms with E-state index in [0.717, 1.165) is 27.3 Å². The average Bonchev–Trinajstić information content (AvgIpc) is 3.12. The molecule has 27 heavy (non-hydrogen) atoms. The number of carbonyl (C=O) groups excluding carboxylic acids is 1. The van der Waals surface area contributed by atoms with Gasteiger partial charge >= 0.3 is 0 Å². The second kappa shape index (κ2) is 10.4. The Balaban J connectivity index is 1.88. The van der Waals surface area contributed by atoms with Crippen molar-refractivity contribution in [2.24, 2.45) is 5.92 Å². The summed E-state index contributed by atoms with van der Waals surface area (Å²) in [5.41, 5.74) is 0.867. The van der Waals surface area contributed by atoms with Crippen molar-refractivity contribution in [2.45, 2.75) is 31.2 Å². The van der Waals surface area contributed by atoms with Gasteiger partial charge in [-0.2, -0.15) is 0 Å². The number of benzene rings is 1. The highest BCUT2D eigenvalue weighted by atomic mass is 32.2. The zero-order valence-electron chi connectivity index (χ0n) is 16.2. The number of methoxy groups -OCH3 is 2. The number of aromatic nitrogens is 2. The zero-order valence-corrected chi connectivity index (χ0v) is 17.9. The van der Waals surface area contributed by atoms with Crippen LogP contribution in [-0.4, -0.2) is 42.6 Å². The first kappa shape index (κ1) is 21.3. The molecule has 9 heteroatoms. The Hall–Kier alpha value is -2.00. The fraction of sp³-hybridized carbons (Fsp3) is 0.500. The summed E-state index contributed by atoms with van der Waals surface area (Å²) in [7, 11) is 3.22. The van der Waals surface area contributed by atoms with E-state index in [1.165, 1.54) is 23.1 Å². The number of nitrogens with zero attached hydrogens (tertiary/aromatic N) is 2. The summed E-state index contributed by atoms with van der Waals surface area (Å²) in [4.78, 5) is 12.3. The topological polar surface area (TPSA) is 85.4 Å². The van der Waals surface area contributed by atoms with Gasteiger partial charge in [0.1, 0.15) is 11.5 Å². The summed E-state index contributed by atoms with van der Waals surface area (Å²) < 4.78 is 11.4. The second-order valence-electron chi connectivity index (χ2n) is 6.33. The molecular weight excluding hydrogens is 384 g/mol. The van der Waals surface area contributed by atoms with E-state index in [1.54, 1.807) is 14.2 Å². The molecule has 1 atom stereocenters. The number of anilines is 1. The third-order valence-electron chi connectivity index (χ3n) is 3.68. The molecule has 2 N–H and O–H groups in total. The van der Waals surface area contributed by atoms with Crippen molar-refractivity contribution in [3.8, 4) is 11.5 Å². The quantitative estimate of drug-likeness (QED) is 0.579. The molecule has 2 aromatic rings. The van der Waals surface area contributed by atoms with Crippen molar-refractivity contribution < 1.29 is 14.3 Å². The summed E-state index contributed by atoms with van der Waals surface area (Å²) in [6.07, 6.45) is 0. The van der Waals surface area contributed by atoms with Gasteiger partial charge in [-0.15, -0.1) is 10.2 Å². The van der Waals surface area contributed by atoms with Crippen LogP contribution in [0.1, 0.15) is 32.4 Å². The minimum atomic E-state index is -0.208. The Labute approximate surface area is 168 Å². The second-order valence-corrected chi connectivity index (χ2v) is 8.53. The van der Waals surface area contributed by atoms with Gasteiger partial charge in [0.05, 0.1) is 26.0 Å². The van der Waals surface area contributed by atoms with Crippen molar-refractivity contribution in [1.29, 1.82) is 0 Å². The fourth-order valence-corrected chi connectivity index (χ4v) is 3.87. The maximum atomic E-state index is 12.3. The largest absolute Gasteiger partial charge is 0.497 e. The third-order valence-corrected chi connectivity index (χ3v) is 5.69. The smallest absolute Gasteiger partial charge is 0.230 e. The molecule has 148 valence electrons. The van der Waals surface area contributed by atoms with E-state index in [9.17, 15) is 4.79 Å². The van der Waals surface area contributed by atoms with Crippen molar-refractivity contribution in [3.63, 3.8) is 0 Å². The molecule has 0 radical (unpaired) electrons. The first-order valence-electron chi connectivity index (χ1n) is 8.64. The Morgan fingerprint density at radius 3 is 2.67 bits per heavy atom. The van der Waals surface area contributed by atoms with Crippen LogP contribution in [0, 0.1) is 5.92 Å². The van der Waals surface area contributed by atoms with Crippen LogP contribution >= 0.6 is 23.1 Å². The van der Waals surface area contributed by atoms with Crippen LogP contribution in [0.4, 0.5) is 5.13 Å². The van der Waals surface area contributed by atoms with E-state index in [4.69, 9.17) is 9.47 Å². The Bertz CT molecular complexity index is 752. The van der Waals surface area contributed by atoms with Gasteiger partial charge in [0.15, 0.2) is 4.34 Å². The standard InChI is InChI=1S/C18H26N4O3S2/c1-11(2)9-19-17-21-22-18(27-17)26-10-16(23)20-12(3)14-8-13(24-4)6-7-15(14)25-5/h6-8,11-12H,9-10H2,1-5H3,(H,19,21)(H,20,23). The van der Waals surface area contributed by atoms with Gasteiger partial charge in [-0.05, 0) is 31.0 Å². The molecule has 1 aromatic carbocycles. The monoisotopic (exact) mass is 410 g/mol. The number of carbonyl (C=O) groups is 1. The van der Waals surface area contributed by atoms with Crippen molar-refractivity contribution in [3.05, 3.63) is 23.8 Å². The van der Waals surface area contributed by atoms with Crippen LogP contribution in [0.3, 0.4) is 0 Å². The number of thioether (sulfide) groups is 1. The number of hydrogen-bond donors (Lipinski definition) is 2. The number of ether oxygens (including phenoxy) is 2. The molecule has 1 unspecified atom stereocenters. The molecule has 1 amide bonds. The molecule has 0 saturated carbocycles. The number of amides is 1. The lowest BCUT2D eigenvalue weighted by Gasteiger charge is -2.18. The summed E-state index contributed by atoms with van der Waals surface area (Å²) in [5.74, 6) is 2.16. The van der Waals surface area contributed by atoms with Crippen LogP contribution in [-0.2, 0) is 4.79 Å². The lowest BCUT2D eigenvalue weighted by Crippen LogP contribution is -2.28. The first-order valence-corrected chi connectivity index (χ1v) is 10.4. The molecule has 2 rings (SSSR count). The average molecular weight is 411 g/mol. The minimum absolute atomic E-state index is 0.0794. The normalized spacial score (nSPS) is 11.9. The maximum absolute atomic E-state index is 12.3. The molecule has 0 fully saturated rings. The molecule has 0 aliphatic rings. The molecule has 0 bridgehead atoms. The predicted octanol–water partition coefficient (Wildman–Crippen LogP) is 3.59. The fourth-order valence-electron chi connectivity index (χ4n) is 2.30. The highest BCUT2D eigenvalue weighted by Crippen LogP contribution is 2.30. The van der Waals surface area contributed by atoms with E-state index in [0.29, 0.717) is 11.7 Å². The molecule has 0 saturated heterocycles. The first-order chi connectivity index (χ1) is 12.9. The van der Waals surface area contributed by atoms with E-state index in [2.05, 4.69) is 34.7 Å². The third kappa shape index (κ3) is 6.59. The predicted molar refractivity (Wildman–Crippen MR) is 110 cm³/mol. The number of hydrogen-bond acceptors (Lipinski definition) is 8. The highest BCUT2D eigenvalue weighted by molar-refractivity contribution is 8.01. The minimum Gasteiger partial charge on any atom is -0.497 e. The lowest BCUT2D eigenvalue weighted by atomic mass is 10.1. The Morgan fingerprint density at radius 1 is 1.22 bits per heavy atom. The summed E-state index contributed by atoms with van der Waals surface area (Å²) >= 11 is 2.83. The molecule has 0 aliphatic heterocycles. The summed E-state index contributed by atoms with van der Waals surface area (Å²) in [5, 5.41) is 15.2. The molecule has 1 heterocycles. The zero-order chi connectivity index (χ0) is 19.8. The highest BCUT2D eigenvalue weighted by Gasteiger charge is 2.16. The van der Waals surface area contributed by atoms with Gasteiger partial charge in [-0.3, -0.25) is 4.79 Å². The summed E-state index contributed by atoms with van der Waals surface area (Å²) in [6, 6.07) is 5.32. The molecule has 0 aliphatic carbocycles. The van der Waals surface area contributed by atoms with Crippen LogP contribution in [0.15, 0.2) is 22.5 Å². The van der Waals surface area contributed by atoms with E-state index in [1.807, 2.05) is 25.1 Å². The van der Waals surface area contributed by atoms with Crippen molar-refractivity contribution in [2.75, 3.05) is 31.8 Å². The SMILES string of the molecule is COc1ccc(OC)c(C(C)NC(=O)CSc2nnc(NCC(C)C)s2)c1.